The molecule has 1 fully saturated rings. The maximum Gasteiger partial charge on any atom is 0.0864 e. The van der Waals surface area contributed by atoms with E-state index < -0.39 is 0 Å². The Bertz CT molecular complexity index is 221. The van der Waals surface area contributed by atoms with E-state index in [0.717, 1.165) is 19.0 Å². The molecular formula is C15H29NO2. The first-order valence-corrected chi connectivity index (χ1v) is 6.86. The number of hydrogen-bond acceptors (Lipinski definition) is 3. The van der Waals surface area contributed by atoms with Gasteiger partial charge in [0.1, 0.15) is 0 Å². The third kappa shape index (κ3) is 9.25. The van der Waals surface area contributed by atoms with E-state index in [1.165, 1.54) is 19.1 Å². The van der Waals surface area contributed by atoms with Crippen molar-refractivity contribution in [1.82, 2.24) is 5.32 Å². The van der Waals surface area contributed by atoms with Gasteiger partial charge < -0.3 is 15.2 Å². The molecule has 0 radical (unpaired) electrons. The van der Waals surface area contributed by atoms with E-state index in [2.05, 4.69) is 24.9 Å². The highest BCUT2D eigenvalue weighted by Gasteiger charge is 2.17. The molecule has 3 nitrogen and oxygen atoms in total. The standard InChI is InChI=1S/C11H19NO.C4H10O/c1-3-13-9-6-10(2)11-4-7-12-8-5-11;1-4(2)3-5/h3,6,9-12H,1,4-5,7-8H2,2H3;4-5H,3H2,1-2H3/b9-6-;. The normalized spacial score (nSPS) is 18.3. The monoisotopic (exact) mass is 255 g/mol. The molecule has 1 atom stereocenters. The Hall–Kier alpha value is -0.800. The molecule has 106 valence electrons. The van der Waals surface area contributed by atoms with Crippen molar-refractivity contribution in [2.45, 2.75) is 33.6 Å². The van der Waals surface area contributed by atoms with Crippen molar-refractivity contribution in [1.29, 1.82) is 0 Å². The lowest BCUT2D eigenvalue weighted by Gasteiger charge is -2.26. The lowest BCUT2D eigenvalue weighted by molar-refractivity contribution is 0.248. The summed E-state index contributed by atoms with van der Waals surface area (Å²) in [5.74, 6) is 1.86. The van der Waals surface area contributed by atoms with Crippen LogP contribution in [0.2, 0.25) is 0 Å². The summed E-state index contributed by atoms with van der Waals surface area (Å²) in [5, 5.41) is 11.5. The fraction of sp³-hybridized carbons (Fsp3) is 0.733. The smallest absolute Gasteiger partial charge is 0.0864 e. The fourth-order valence-electron chi connectivity index (χ4n) is 1.75. The molecule has 0 bridgehead atoms. The lowest BCUT2D eigenvalue weighted by Crippen LogP contribution is -2.30. The van der Waals surface area contributed by atoms with Crippen molar-refractivity contribution in [3.63, 3.8) is 0 Å². The molecule has 0 aromatic rings. The molecule has 0 aliphatic carbocycles. The maximum atomic E-state index is 8.14. The zero-order valence-electron chi connectivity index (χ0n) is 12.1. The van der Waals surface area contributed by atoms with Crippen LogP contribution in [0.3, 0.4) is 0 Å². The van der Waals surface area contributed by atoms with Gasteiger partial charge in [-0.1, -0.05) is 27.4 Å². The molecule has 0 saturated carbocycles. The van der Waals surface area contributed by atoms with Crippen LogP contribution in [0.5, 0.6) is 0 Å². The predicted molar refractivity (Wildman–Crippen MR) is 77.1 cm³/mol. The maximum absolute atomic E-state index is 8.14. The van der Waals surface area contributed by atoms with Crippen molar-refractivity contribution in [2.75, 3.05) is 19.7 Å². The molecular weight excluding hydrogens is 226 g/mol. The van der Waals surface area contributed by atoms with E-state index in [1.807, 2.05) is 13.8 Å². The van der Waals surface area contributed by atoms with Crippen LogP contribution in [0, 0.1) is 17.8 Å². The van der Waals surface area contributed by atoms with Crippen molar-refractivity contribution >= 4 is 0 Å². The third-order valence-corrected chi connectivity index (χ3v) is 3.05. The number of aliphatic hydroxyl groups excluding tert-OH is 1. The van der Waals surface area contributed by atoms with Gasteiger partial charge in [0.05, 0.1) is 12.5 Å². The van der Waals surface area contributed by atoms with E-state index in [-0.39, 0.29) is 0 Å². The Balaban J connectivity index is 0.000000494. The summed E-state index contributed by atoms with van der Waals surface area (Å²) in [5.41, 5.74) is 0. The van der Waals surface area contributed by atoms with Crippen LogP contribution in [0.15, 0.2) is 25.2 Å². The van der Waals surface area contributed by atoms with Gasteiger partial charge in [0.2, 0.25) is 0 Å². The first-order valence-electron chi connectivity index (χ1n) is 6.86. The number of nitrogens with one attached hydrogen (secondary N) is 1. The molecule has 1 unspecified atom stereocenters. The zero-order chi connectivity index (χ0) is 13.8. The molecule has 0 amide bonds. The van der Waals surface area contributed by atoms with E-state index in [0.29, 0.717) is 18.4 Å². The molecule has 2 N–H and O–H groups in total. The highest BCUT2D eigenvalue weighted by molar-refractivity contribution is 4.87. The van der Waals surface area contributed by atoms with Crippen LogP contribution in [0.25, 0.3) is 0 Å². The molecule has 0 aromatic heterocycles. The Kier molecular flexibility index (Phi) is 10.8. The zero-order valence-corrected chi connectivity index (χ0v) is 12.1. The summed E-state index contributed by atoms with van der Waals surface area (Å²) in [4.78, 5) is 0. The minimum atomic E-state index is 0.306. The third-order valence-electron chi connectivity index (χ3n) is 3.05. The summed E-state index contributed by atoms with van der Waals surface area (Å²) in [7, 11) is 0. The van der Waals surface area contributed by atoms with Crippen molar-refractivity contribution in [2.24, 2.45) is 17.8 Å². The van der Waals surface area contributed by atoms with Gasteiger partial charge in [-0.2, -0.15) is 0 Å². The van der Waals surface area contributed by atoms with Crippen LogP contribution >= 0.6 is 0 Å². The summed E-state index contributed by atoms with van der Waals surface area (Å²) in [6, 6.07) is 0. The first kappa shape index (κ1) is 17.2. The number of hydrogen-bond donors (Lipinski definition) is 2. The summed E-state index contributed by atoms with van der Waals surface area (Å²) >= 11 is 0. The molecule has 1 aliphatic heterocycles. The van der Waals surface area contributed by atoms with Crippen LogP contribution in [0.1, 0.15) is 33.6 Å². The summed E-state index contributed by atoms with van der Waals surface area (Å²) in [6.45, 7) is 12.3. The quantitative estimate of drug-likeness (QED) is 0.742. The topological polar surface area (TPSA) is 41.5 Å². The average molecular weight is 255 g/mol. The Morgan fingerprint density at radius 2 is 1.89 bits per heavy atom. The summed E-state index contributed by atoms with van der Waals surface area (Å²) < 4.78 is 4.96. The SMILES string of the molecule is C=CO/C=C\C(C)C1CCNCC1.CC(C)CO. The number of piperidine rings is 1. The average Bonchev–Trinajstić information content (AvgIpc) is 2.40. The highest BCUT2D eigenvalue weighted by atomic mass is 16.5. The molecule has 0 aromatic carbocycles. The van der Waals surface area contributed by atoms with Gasteiger partial charge in [0.15, 0.2) is 0 Å². The van der Waals surface area contributed by atoms with Gasteiger partial charge in [-0.25, -0.2) is 0 Å². The lowest BCUT2D eigenvalue weighted by atomic mass is 9.86. The van der Waals surface area contributed by atoms with Crippen molar-refractivity contribution < 1.29 is 9.84 Å². The molecule has 3 heteroatoms. The first-order chi connectivity index (χ1) is 8.61. The Morgan fingerprint density at radius 1 is 1.33 bits per heavy atom. The second kappa shape index (κ2) is 11.3. The van der Waals surface area contributed by atoms with Crippen LogP contribution in [-0.2, 0) is 4.74 Å². The van der Waals surface area contributed by atoms with Gasteiger partial charge in [-0.3, -0.25) is 0 Å². The van der Waals surface area contributed by atoms with Crippen molar-refractivity contribution in [3.05, 3.63) is 25.2 Å². The van der Waals surface area contributed by atoms with Crippen LogP contribution in [0.4, 0.5) is 0 Å². The van der Waals surface area contributed by atoms with Crippen molar-refractivity contribution in [3.8, 4) is 0 Å². The van der Waals surface area contributed by atoms with E-state index in [1.54, 1.807) is 6.26 Å². The van der Waals surface area contributed by atoms with Gasteiger partial charge in [0, 0.05) is 6.61 Å². The molecule has 18 heavy (non-hydrogen) atoms. The highest BCUT2D eigenvalue weighted by Crippen LogP contribution is 2.22. The summed E-state index contributed by atoms with van der Waals surface area (Å²) in [6.07, 6.45) is 7.86. The molecule has 1 aliphatic rings. The molecule has 1 heterocycles. The van der Waals surface area contributed by atoms with E-state index in [9.17, 15) is 0 Å². The molecule has 1 saturated heterocycles. The molecule has 0 spiro atoms. The number of aliphatic hydroxyl groups is 1. The van der Waals surface area contributed by atoms with E-state index >= 15 is 0 Å². The second-order valence-corrected chi connectivity index (χ2v) is 5.15. The second-order valence-electron chi connectivity index (χ2n) is 5.15. The largest absolute Gasteiger partial charge is 0.474 e. The van der Waals surface area contributed by atoms with Gasteiger partial charge in [0.25, 0.3) is 0 Å². The van der Waals surface area contributed by atoms with Crippen LogP contribution in [-0.4, -0.2) is 24.8 Å². The van der Waals surface area contributed by atoms with Gasteiger partial charge >= 0.3 is 0 Å². The number of allylic oxidation sites excluding steroid dienone is 1. The van der Waals surface area contributed by atoms with Gasteiger partial charge in [-0.15, -0.1) is 0 Å². The van der Waals surface area contributed by atoms with Crippen LogP contribution < -0.4 is 5.32 Å². The minimum Gasteiger partial charge on any atom is -0.474 e. The van der Waals surface area contributed by atoms with Gasteiger partial charge in [-0.05, 0) is 49.8 Å². The Morgan fingerprint density at radius 3 is 2.33 bits per heavy atom. The minimum absolute atomic E-state index is 0.306. The number of ether oxygens (including phenoxy) is 1. The Labute approximate surface area is 112 Å². The molecule has 1 rings (SSSR count). The fourth-order valence-corrected chi connectivity index (χ4v) is 1.75. The van der Waals surface area contributed by atoms with E-state index in [4.69, 9.17) is 9.84 Å². The predicted octanol–water partition coefficient (Wildman–Crippen LogP) is 2.93. The number of rotatable bonds is 5.